The Bertz CT molecular complexity index is 372. The largest absolute Gasteiger partial charge is 0.472 e. The van der Waals surface area contributed by atoms with Gasteiger partial charge in [0, 0.05) is 19.2 Å². The summed E-state index contributed by atoms with van der Waals surface area (Å²) in [6.07, 6.45) is 5.49. The molecular formula is C12H15NO3. The van der Waals surface area contributed by atoms with Crippen molar-refractivity contribution in [2.24, 2.45) is 0 Å². The van der Waals surface area contributed by atoms with Crippen LogP contribution in [0.25, 0.3) is 0 Å². The zero-order valence-corrected chi connectivity index (χ0v) is 9.26. The summed E-state index contributed by atoms with van der Waals surface area (Å²) in [7, 11) is 1.56. The van der Waals surface area contributed by atoms with Crippen molar-refractivity contribution in [1.29, 1.82) is 0 Å². The Labute approximate surface area is 94.5 Å². The first-order chi connectivity index (χ1) is 7.79. The molecule has 0 spiro atoms. The molecule has 16 heavy (non-hydrogen) atoms. The number of methoxy groups -OCH3 is 1. The standard InChI is InChI=1S/C12H15NO3/c1-3-4-6-13-10(9-5-7-16-8-9)11(15-2)12(13)14/h3,5,7-8,10-11H,1,4,6H2,2H3/t10-,11+/m1/s1. The maximum atomic E-state index is 11.7. The molecule has 2 atom stereocenters. The number of hydrogen-bond acceptors (Lipinski definition) is 3. The summed E-state index contributed by atoms with van der Waals surface area (Å²) in [5.74, 6) is 0.0375. The molecule has 1 aromatic heterocycles. The average Bonchev–Trinajstić information content (AvgIpc) is 2.79. The second-order valence-electron chi connectivity index (χ2n) is 3.77. The van der Waals surface area contributed by atoms with Gasteiger partial charge in [-0.15, -0.1) is 6.58 Å². The highest BCUT2D eigenvalue weighted by Gasteiger charge is 2.48. The minimum Gasteiger partial charge on any atom is -0.472 e. The number of hydrogen-bond donors (Lipinski definition) is 0. The van der Waals surface area contributed by atoms with E-state index < -0.39 is 0 Å². The lowest BCUT2D eigenvalue weighted by atomic mass is 9.92. The minimum atomic E-state index is -0.373. The molecule has 0 N–H and O–H groups in total. The highest BCUT2D eigenvalue weighted by Crippen LogP contribution is 2.36. The molecule has 1 aliphatic heterocycles. The van der Waals surface area contributed by atoms with Crippen molar-refractivity contribution in [3.63, 3.8) is 0 Å². The molecule has 86 valence electrons. The van der Waals surface area contributed by atoms with Gasteiger partial charge in [0.2, 0.25) is 0 Å². The number of furan rings is 1. The van der Waals surface area contributed by atoms with Gasteiger partial charge < -0.3 is 14.1 Å². The first-order valence-corrected chi connectivity index (χ1v) is 5.26. The van der Waals surface area contributed by atoms with Gasteiger partial charge in [-0.1, -0.05) is 6.08 Å². The summed E-state index contributed by atoms with van der Waals surface area (Å²) < 4.78 is 10.2. The molecule has 0 unspecified atom stereocenters. The second-order valence-corrected chi connectivity index (χ2v) is 3.77. The van der Waals surface area contributed by atoms with Gasteiger partial charge in [0.15, 0.2) is 6.10 Å². The Balaban J connectivity index is 2.12. The number of carbonyl (C=O) groups is 1. The summed E-state index contributed by atoms with van der Waals surface area (Å²) >= 11 is 0. The monoisotopic (exact) mass is 221 g/mol. The first-order valence-electron chi connectivity index (χ1n) is 5.26. The lowest BCUT2D eigenvalue weighted by Gasteiger charge is -2.45. The van der Waals surface area contributed by atoms with Crippen molar-refractivity contribution in [2.45, 2.75) is 18.6 Å². The van der Waals surface area contributed by atoms with E-state index >= 15 is 0 Å². The normalized spacial score (nSPS) is 24.3. The van der Waals surface area contributed by atoms with Crippen molar-refractivity contribution >= 4 is 5.91 Å². The van der Waals surface area contributed by atoms with Gasteiger partial charge in [-0.05, 0) is 12.5 Å². The van der Waals surface area contributed by atoms with E-state index in [0.29, 0.717) is 6.54 Å². The summed E-state index contributed by atoms with van der Waals surface area (Å²) in [6.45, 7) is 4.33. The Morgan fingerprint density at radius 3 is 3.06 bits per heavy atom. The van der Waals surface area contributed by atoms with Gasteiger partial charge in [-0.3, -0.25) is 4.79 Å². The predicted molar refractivity (Wildman–Crippen MR) is 58.8 cm³/mol. The van der Waals surface area contributed by atoms with Crippen LogP contribution < -0.4 is 0 Å². The fraction of sp³-hybridized carbons (Fsp3) is 0.417. The molecule has 1 saturated heterocycles. The average molecular weight is 221 g/mol. The minimum absolute atomic E-state index is 0.0174. The number of β-lactam (4-membered cyclic amide) rings is 1. The molecule has 1 aliphatic rings. The third-order valence-electron chi connectivity index (χ3n) is 2.86. The smallest absolute Gasteiger partial charge is 0.254 e. The highest BCUT2D eigenvalue weighted by molar-refractivity contribution is 5.88. The second kappa shape index (κ2) is 4.53. The van der Waals surface area contributed by atoms with Crippen LogP contribution in [0.15, 0.2) is 35.7 Å². The molecule has 1 amide bonds. The molecule has 0 aromatic carbocycles. The van der Waals surface area contributed by atoms with Gasteiger partial charge in [-0.2, -0.15) is 0 Å². The van der Waals surface area contributed by atoms with E-state index in [1.54, 1.807) is 30.6 Å². The lowest BCUT2D eigenvalue weighted by Crippen LogP contribution is -2.59. The SMILES string of the molecule is C=CCCN1C(=O)[C@@H](OC)[C@H]1c1ccoc1. The number of ether oxygens (including phenoxy) is 1. The van der Waals surface area contributed by atoms with Crippen LogP contribution in [0, 0.1) is 0 Å². The summed E-state index contributed by atoms with van der Waals surface area (Å²) in [4.78, 5) is 13.5. The van der Waals surface area contributed by atoms with E-state index in [-0.39, 0.29) is 18.1 Å². The maximum absolute atomic E-state index is 11.7. The summed E-state index contributed by atoms with van der Waals surface area (Å²) in [5, 5.41) is 0. The van der Waals surface area contributed by atoms with E-state index in [0.717, 1.165) is 12.0 Å². The van der Waals surface area contributed by atoms with Crippen molar-refractivity contribution in [1.82, 2.24) is 4.90 Å². The summed E-state index contributed by atoms with van der Waals surface area (Å²) in [6, 6.07) is 1.85. The van der Waals surface area contributed by atoms with Crippen LogP contribution in [-0.4, -0.2) is 30.6 Å². The Morgan fingerprint density at radius 2 is 2.50 bits per heavy atom. The third kappa shape index (κ3) is 1.65. The molecule has 2 rings (SSSR count). The number of rotatable bonds is 5. The van der Waals surface area contributed by atoms with Crippen LogP contribution in [-0.2, 0) is 9.53 Å². The first kappa shape index (κ1) is 11.0. The van der Waals surface area contributed by atoms with E-state index in [9.17, 15) is 4.79 Å². The van der Waals surface area contributed by atoms with Crippen LogP contribution in [0.1, 0.15) is 18.0 Å². The van der Waals surface area contributed by atoms with Gasteiger partial charge in [0.1, 0.15) is 0 Å². The molecule has 0 aliphatic carbocycles. The van der Waals surface area contributed by atoms with Crippen molar-refractivity contribution in [2.75, 3.05) is 13.7 Å². The predicted octanol–water partition coefficient (Wildman–Crippen LogP) is 1.75. The quantitative estimate of drug-likeness (QED) is 0.562. The lowest BCUT2D eigenvalue weighted by molar-refractivity contribution is -0.171. The third-order valence-corrected chi connectivity index (χ3v) is 2.86. The molecule has 4 nitrogen and oxygen atoms in total. The van der Waals surface area contributed by atoms with Crippen molar-refractivity contribution in [3.05, 3.63) is 36.8 Å². The number of nitrogens with zero attached hydrogens (tertiary/aromatic N) is 1. The molecule has 4 heteroatoms. The van der Waals surface area contributed by atoms with E-state index in [2.05, 4.69) is 6.58 Å². The van der Waals surface area contributed by atoms with Crippen LogP contribution >= 0.6 is 0 Å². The fourth-order valence-corrected chi connectivity index (χ4v) is 2.02. The zero-order valence-electron chi connectivity index (χ0n) is 9.26. The number of carbonyl (C=O) groups excluding carboxylic acids is 1. The van der Waals surface area contributed by atoms with Gasteiger partial charge >= 0.3 is 0 Å². The van der Waals surface area contributed by atoms with E-state index in [4.69, 9.17) is 9.15 Å². The van der Waals surface area contributed by atoms with E-state index in [1.807, 2.05) is 6.07 Å². The number of likely N-dealkylation sites (tertiary alicyclic amines) is 1. The van der Waals surface area contributed by atoms with Crippen molar-refractivity contribution < 1.29 is 13.9 Å². The van der Waals surface area contributed by atoms with Crippen LogP contribution in [0.5, 0.6) is 0 Å². The number of amides is 1. The zero-order chi connectivity index (χ0) is 11.5. The van der Waals surface area contributed by atoms with Gasteiger partial charge in [-0.25, -0.2) is 0 Å². The molecule has 1 fully saturated rings. The molecule has 0 radical (unpaired) electrons. The van der Waals surface area contributed by atoms with Crippen LogP contribution in [0.3, 0.4) is 0 Å². The molecule has 0 bridgehead atoms. The Kier molecular flexibility index (Phi) is 3.10. The molecule has 1 aromatic rings. The van der Waals surface area contributed by atoms with Gasteiger partial charge in [0.05, 0.1) is 18.6 Å². The molecule has 0 saturated carbocycles. The maximum Gasteiger partial charge on any atom is 0.254 e. The van der Waals surface area contributed by atoms with Crippen LogP contribution in [0.2, 0.25) is 0 Å². The van der Waals surface area contributed by atoms with E-state index in [1.165, 1.54) is 0 Å². The fourth-order valence-electron chi connectivity index (χ4n) is 2.02. The summed E-state index contributed by atoms with van der Waals surface area (Å²) in [5.41, 5.74) is 0.982. The topological polar surface area (TPSA) is 42.7 Å². The highest BCUT2D eigenvalue weighted by atomic mass is 16.5. The molecule has 2 heterocycles. The van der Waals surface area contributed by atoms with Crippen LogP contribution in [0.4, 0.5) is 0 Å². The Morgan fingerprint density at radius 1 is 1.69 bits per heavy atom. The Hall–Kier alpha value is -1.55. The van der Waals surface area contributed by atoms with Crippen molar-refractivity contribution in [3.8, 4) is 0 Å². The van der Waals surface area contributed by atoms with Gasteiger partial charge in [0.25, 0.3) is 5.91 Å². The molecular weight excluding hydrogens is 206 g/mol.